The Morgan fingerprint density at radius 3 is 2.67 bits per heavy atom. The summed E-state index contributed by atoms with van der Waals surface area (Å²) < 4.78 is 10.7. The molecule has 1 aliphatic rings. The molecule has 0 unspecified atom stereocenters. The van der Waals surface area contributed by atoms with Crippen LogP contribution in [0.3, 0.4) is 0 Å². The fraction of sp³-hybridized carbons (Fsp3) is 0.611. The topological polar surface area (TPSA) is 54.0 Å². The molecule has 1 aromatic carbocycles. The van der Waals surface area contributed by atoms with Crippen molar-refractivity contribution >= 4 is 6.03 Å². The molecule has 0 radical (unpaired) electrons. The summed E-state index contributed by atoms with van der Waals surface area (Å²) >= 11 is 0. The van der Waals surface area contributed by atoms with Crippen LogP contribution in [0.4, 0.5) is 4.79 Å². The first kappa shape index (κ1) is 18.4. The predicted octanol–water partition coefficient (Wildman–Crippen LogP) is 2.19. The van der Waals surface area contributed by atoms with Crippen molar-refractivity contribution in [3.05, 3.63) is 23.8 Å². The van der Waals surface area contributed by atoms with Crippen LogP contribution in [-0.4, -0.2) is 62.9 Å². The molecule has 134 valence electrons. The second-order valence-corrected chi connectivity index (χ2v) is 6.81. The van der Waals surface area contributed by atoms with Gasteiger partial charge in [0.15, 0.2) is 11.5 Å². The zero-order chi connectivity index (χ0) is 17.5. The highest BCUT2D eigenvalue weighted by molar-refractivity contribution is 5.74. The number of nitrogens with zero attached hydrogens (tertiary/aromatic N) is 2. The highest BCUT2D eigenvalue weighted by Gasteiger charge is 2.15. The molecule has 6 heteroatoms. The molecule has 24 heavy (non-hydrogen) atoms. The number of ether oxygens (including phenoxy) is 2. The van der Waals surface area contributed by atoms with Crippen molar-refractivity contribution in [2.45, 2.75) is 20.3 Å². The summed E-state index contributed by atoms with van der Waals surface area (Å²) in [6.45, 7) is 7.51. The lowest BCUT2D eigenvalue weighted by Gasteiger charge is -2.26. The van der Waals surface area contributed by atoms with Gasteiger partial charge in [0.1, 0.15) is 0 Å². The van der Waals surface area contributed by atoms with E-state index in [0.717, 1.165) is 43.1 Å². The molecule has 1 heterocycles. The SMILES string of the molecule is CC(C)CN(CCN(C)C)C(=O)NCCc1ccc2c(c1)OCO2. The Labute approximate surface area is 144 Å². The van der Waals surface area contributed by atoms with E-state index in [0.29, 0.717) is 12.5 Å². The molecular formula is C18H29N3O3. The van der Waals surface area contributed by atoms with Gasteiger partial charge in [0.2, 0.25) is 6.79 Å². The highest BCUT2D eigenvalue weighted by Crippen LogP contribution is 2.32. The molecule has 1 aromatic rings. The quantitative estimate of drug-likeness (QED) is 0.791. The van der Waals surface area contributed by atoms with Gasteiger partial charge in [0.25, 0.3) is 0 Å². The van der Waals surface area contributed by atoms with Crippen molar-refractivity contribution in [3.63, 3.8) is 0 Å². The third-order valence-corrected chi connectivity index (χ3v) is 3.82. The number of likely N-dealkylation sites (N-methyl/N-ethyl adjacent to an activating group) is 1. The Kier molecular flexibility index (Phi) is 6.73. The van der Waals surface area contributed by atoms with Crippen LogP contribution in [0.2, 0.25) is 0 Å². The fourth-order valence-electron chi connectivity index (χ4n) is 2.56. The van der Waals surface area contributed by atoms with Crippen LogP contribution in [0.5, 0.6) is 11.5 Å². The lowest BCUT2D eigenvalue weighted by atomic mass is 10.1. The van der Waals surface area contributed by atoms with E-state index in [4.69, 9.17) is 9.47 Å². The second-order valence-electron chi connectivity index (χ2n) is 6.81. The minimum absolute atomic E-state index is 0.00583. The molecule has 0 aliphatic carbocycles. The smallest absolute Gasteiger partial charge is 0.317 e. The van der Waals surface area contributed by atoms with Crippen LogP contribution >= 0.6 is 0 Å². The molecule has 0 aromatic heterocycles. The molecular weight excluding hydrogens is 306 g/mol. The minimum Gasteiger partial charge on any atom is -0.454 e. The van der Waals surface area contributed by atoms with E-state index < -0.39 is 0 Å². The first-order chi connectivity index (χ1) is 11.5. The Hall–Kier alpha value is -1.95. The van der Waals surface area contributed by atoms with Crippen molar-refractivity contribution in [3.8, 4) is 11.5 Å². The lowest BCUT2D eigenvalue weighted by Crippen LogP contribution is -2.45. The van der Waals surface area contributed by atoms with Crippen molar-refractivity contribution in [1.29, 1.82) is 0 Å². The van der Waals surface area contributed by atoms with E-state index in [1.807, 2.05) is 37.2 Å². The van der Waals surface area contributed by atoms with Gasteiger partial charge in [-0.15, -0.1) is 0 Å². The number of hydrogen-bond acceptors (Lipinski definition) is 4. The molecule has 1 aliphatic heterocycles. The van der Waals surface area contributed by atoms with Gasteiger partial charge in [-0.2, -0.15) is 0 Å². The average Bonchev–Trinajstić information content (AvgIpc) is 2.98. The van der Waals surface area contributed by atoms with Crippen LogP contribution < -0.4 is 14.8 Å². The van der Waals surface area contributed by atoms with Gasteiger partial charge in [-0.3, -0.25) is 0 Å². The molecule has 0 spiro atoms. The van der Waals surface area contributed by atoms with E-state index in [1.165, 1.54) is 0 Å². The standard InChI is InChI=1S/C18H29N3O3/c1-14(2)12-21(10-9-20(3)4)18(22)19-8-7-15-5-6-16-17(11-15)24-13-23-16/h5-6,11,14H,7-10,12-13H2,1-4H3,(H,19,22). The molecule has 0 bridgehead atoms. The number of fused-ring (bicyclic) bond motifs is 1. The van der Waals surface area contributed by atoms with Gasteiger partial charge < -0.3 is 24.6 Å². The first-order valence-corrected chi connectivity index (χ1v) is 8.51. The van der Waals surface area contributed by atoms with Crippen molar-refractivity contribution < 1.29 is 14.3 Å². The number of hydrogen-bond donors (Lipinski definition) is 1. The van der Waals surface area contributed by atoms with E-state index in [9.17, 15) is 4.79 Å². The summed E-state index contributed by atoms with van der Waals surface area (Å²) in [7, 11) is 4.04. The molecule has 2 amide bonds. The first-order valence-electron chi connectivity index (χ1n) is 8.51. The normalized spacial score (nSPS) is 12.8. The summed E-state index contributed by atoms with van der Waals surface area (Å²) in [5, 5.41) is 3.02. The molecule has 0 fully saturated rings. The zero-order valence-electron chi connectivity index (χ0n) is 15.2. The molecule has 0 saturated carbocycles. The van der Waals surface area contributed by atoms with Crippen LogP contribution in [0, 0.1) is 5.92 Å². The summed E-state index contributed by atoms with van der Waals surface area (Å²) in [5.74, 6) is 2.02. The largest absolute Gasteiger partial charge is 0.454 e. The molecule has 0 atom stereocenters. The van der Waals surface area contributed by atoms with Crippen LogP contribution in [-0.2, 0) is 6.42 Å². The van der Waals surface area contributed by atoms with Gasteiger partial charge in [-0.25, -0.2) is 4.79 Å². The Bertz CT molecular complexity index is 546. The summed E-state index contributed by atoms with van der Waals surface area (Å²) in [5.41, 5.74) is 1.13. The molecule has 6 nitrogen and oxygen atoms in total. The van der Waals surface area contributed by atoms with Gasteiger partial charge in [-0.1, -0.05) is 19.9 Å². The maximum absolute atomic E-state index is 12.4. The van der Waals surface area contributed by atoms with Crippen LogP contribution in [0.1, 0.15) is 19.4 Å². The Balaban J connectivity index is 1.81. The third-order valence-electron chi connectivity index (χ3n) is 3.82. The molecule has 1 N–H and O–H groups in total. The fourth-order valence-corrected chi connectivity index (χ4v) is 2.56. The van der Waals surface area contributed by atoms with Gasteiger partial charge >= 0.3 is 6.03 Å². The predicted molar refractivity (Wildman–Crippen MR) is 94.6 cm³/mol. The Morgan fingerprint density at radius 2 is 1.96 bits per heavy atom. The van der Waals surface area contributed by atoms with E-state index in [2.05, 4.69) is 24.1 Å². The number of carbonyl (C=O) groups is 1. The summed E-state index contributed by atoms with van der Waals surface area (Å²) in [6.07, 6.45) is 0.769. The van der Waals surface area contributed by atoms with Crippen molar-refractivity contribution in [1.82, 2.24) is 15.1 Å². The third kappa shape index (κ3) is 5.60. The lowest BCUT2D eigenvalue weighted by molar-refractivity contribution is 0.174. The van der Waals surface area contributed by atoms with Crippen LogP contribution in [0.15, 0.2) is 18.2 Å². The highest BCUT2D eigenvalue weighted by atomic mass is 16.7. The van der Waals surface area contributed by atoms with Gasteiger partial charge in [0.05, 0.1) is 0 Å². The van der Waals surface area contributed by atoms with Crippen molar-refractivity contribution in [2.24, 2.45) is 5.92 Å². The summed E-state index contributed by atoms with van der Waals surface area (Å²) in [6, 6.07) is 5.91. The van der Waals surface area contributed by atoms with E-state index in [-0.39, 0.29) is 12.8 Å². The van der Waals surface area contributed by atoms with Gasteiger partial charge in [0, 0.05) is 26.2 Å². The second kappa shape index (κ2) is 8.78. The Morgan fingerprint density at radius 1 is 1.21 bits per heavy atom. The minimum atomic E-state index is 0.00583. The van der Waals surface area contributed by atoms with E-state index in [1.54, 1.807) is 0 Å². The molecule has 0 saturated heterocycles. The number of rotatable bonds is 8. The maximum Gasteiger partial charge on any atom is 0.317 e. The number of amides is 2. The van der Waals surface area contributed by atoms with Crippen LogP contribution in [0.25, 0.3) is 0 Å². The number of nitrogens with one attached hydrogen (secondary N) is 1. The molecule has 2 rings (SSSR count). The van der Waals surface area contributed by atoms with Crippen molar-refractivity contribution in [2.75, 3.05) is 47.1 Å². The summed E-state index contributed by atoms with van der Waals surface area (Å²) in [4.78, 5) is 16.4. The van der Waals surface area contributed by atoms with Gasteiger partial charge in [-0.05, 0) is 44.1 Å². The average molecular weight is 335 g/mol. The van der Waals surface area contributed by atoms with E-state index >= 15 is 0 Å². The monoisotopic (exact) mass is 335 g/mol. The number of urea groups is 1. The number of carbonyl (C=O) groups excluding carboxylic acids is 1. The zero-order valence-corrected chi connectivity index (χ0v) is 15.2. The number of benzene rings is 1. The maximum atomic E-state index is 12.4.